The molecule has 1 aliphatic carbocycles. The van der Waals surface area contributed by atoms with Crippen molar-refractivity contribution in [2.75, 3.05) is 0 Å². The van der Waals surface area contributed by atoms with Gasteiger partial charge in [0.2, 0.25) is 0 Å². The van der Waals surface area contributed by atoms with E-state index < -0.39 is 0 Å². The maximum atomic E-state index is 4.84. The number of aryl methyl sites for hydroxylation is 1. The summed E-state index contributed by atoms with van der Waals surface area (Å²) in [7, 11) is 0. The lowest BCUT2D eigenvalue weighted by Crippen LogP contribution is -2.22. The summed E-state index contributed by atoms with van der Waals surface area (Å²) in [5.41, 5.74) is 9.45. The predicted octanol–water partition coefficient (Wildman–Crippen LogP) is 7.46. The van der Waals surface area contributed by atoms with Gasteiger partial charge in [0.25, 0.3) is 0 Å². The molecule has 1 aromatic heterocycles. The maximum Gasteiger partial charge on any atom is 0.0705 e. The first kappa shape index (κ1) is 18.9. The second-order valence-corrected chi connectivity index (χ2v) is 9.63. The molecule has 1 nitrogen and oxygen atoms in total. The first-order chi connectivity index (χ1) is 13.3. The lowest BCUT2D eigenvalue weighted by atomic mass is 9.74. The molecule has 1 aliphatic rings. The van der Waals surface area contributed by atoms with Crippen molar-refractivity contribution in [1.29, 1.82) is 0 Å². The molecule has 28 heavy (non-hydrogen) atoms. The molecule has 1 heteroatoms. The van der Waals surface area contributed by atoms with E-state index in [-0.39, 0.29) is 10.8 Å². The van der Waals surface area contributed by atoms with Crippen LogP contribution in [0.1, 0.15) is 63.6 Å². The molecule has 144 valence electrons. The van der Waals surface area contributed by atoms with Gasteiger partial charge in [-0.05, 0) is 65.0 Å². The van der Waals surface area contributed by atoms with Gasteiger partial charge in [-0.25, -0.2) is 0 Å². The molecule has 0 aliphatic heterocycles. The molecule has 4 rings (SSSR count). The second kappa shape index (κ2) is 6.88. The lowest BCUT2D eigenvalue weighted by Gasteiger charge is -2.30. The highest BCUT2D eigenvalue weighted by atomic mass is 14.7. The van der Waals surface area contributed by atoms with E-state index in [1.165, 1.54) is 52.6 Å². The van der Waals surface area contributed by atoms with Gasteiger partial charge in [0.1, 0.15) is 0 Å². The Kier molecular flexibility index (Phi) is 4.65. The maximum absolute atomic E-state index is 4.84. The molecule has 0 amide bonds. The van der Waals surface area contributed by atoms with Crippen molar-refractivity contribution in [3.63, 3.8) is 0 Å². The molecule has 0 fully saturated rings. The minimum atomic E-state index is 0.206. The smallest absolute Gasteiger partial charge is 0.0705 e. The number of pyridine rings is 1. The van der Waals surface area contributed by atoms with Crippen LogP contribution in [0.2, 0.25) is 0 Å². The first-order valence-corrected chi connectivity index (χ1v) is 10.5. The third-order valence-electron chi connectivity index (χ3n) is 6.57. The van der Waals surface area contributed by atoms with Crippen molar-refractivity contribution in [3.8, 4) is 22.4 Å². The van der Waals surface area contributed by atoms with Gasteiger partial charge in [0, 0.05) is 17.3 Å². The highest BCUT2D eigenvalue weighted by Gasteiger charge is 2.34. The van der Waals surface area contributed by atoms with Gasteiger partial charge in [0.15, 0.2) is 0 Å². The number of aromatic nitrogens is 1. The Morgan fingerprint density at radius 1 is 0.750 bits per heavy atom. The number of benzene rings is 2. The monoisotopic (exact) mass is 369 g/mol. The Morgan fingerprint density at radius 3 is 2.11 bits per heavy atom. The van der Waals surface area contributed by atoms with Crippen LogP contribution in [0, 0.1) is 6.92 Å². The normalized spacial score (nSPS) is 17.6. The van der Waals surface area contributed by atoms with Crippen LogP contribution in [0.15, 0.2) is 60.8 Å². The molecular weight excluding hydrogens is 338 g/mol. The standard InChI is InChI=1S/C27H31N/c1-19-16-25(28-18-22(19)20-10-7-6-8-11-20)21-12-13-23-24(17-21)27(4,5)15-9-14-26(23,2)3/h6-8,10-13,16-18H,9,14-15H2,1-5H3. The Balaban J connectivity index is 1.79. The van der Waals surface area contributed by atoms with Gasteiger partial charge in [-0.1, -0.05) is 76.6 Å². The van der Waals surface area contributed by atoms with Gasteiger partial charge >= 0.3 is 0 Å². The molecule has 0 unspecified atom stereocenters. The summed E-state index contributed by atoms with van der Waals surface area (Å²) in [5, 5.41) is 0. The summed E-state index contributed by atoms with van der Waals surface area (Å²) in [5.74, 6) is 0. The van der Waals surface area contributed by atoms with Crippen molar-refractivity contribution >= 4 is 0 Å². The molecular formula is C27H31N. The molecule has 0 spiro atoms. The topological polar surface area (TPSA) is 12.9 Å². The lowest BCUT2D eigenvalue weighted by molar-refractivity contribution is 0.433. The first-order valence-electron chi connectivity index (χ1n) is 10.5. The molecule has 3 aromatic rings. The zero-order chi connectivity index (χ0) is 19.9. The molecule has 0 bridgehead atoms. The number of rotatable bonds is 2. The van der Waals surface area contributed by atoms with Crippen molar-refractivity contribution < 1.29 is 0 Å². The van der Waals surface area contributed by atoms with Crippen molar-refractivity contribution in [2.45, 2.75) is 64.7 Å². The van der Waals surface area contributed by atoms with Crippen LogP contribution in [-0.4, -0.2) is 4.98 Å². The fourth-order valence-corrected chi connectivity index (χ4v) is 4.73. The van der Waals surface area contributed by atoms with Crippen LogP contribution in [0.4, 0.5) is 0 Å². The molecule has 0 saturated carbocycles. The van der Waals surface area contributed by atoms with E-state index in [0.29, 0.717) is 0 Å². The molecule has 1 heterocycles. The van der Waals surface area contributed by atoms with Crippen LogP contribution in [0.5, 0.6) is 0 Å². The molecule has 0 radical (unpaired) electrons. The second-order valence-electron chi connectivity index (χ2n) is 9.63. The van der Waals surface area contributed by atoms with Crippen LogP contribution in [0.25, 0.3) is 22.4 Å². The fourth-order valence-electron chi connectivity index (χ4n) is 4.73. The average molecular weight is 370 g/mol. The highest BCUT2D eigenvalue weighted by Crippen LogP contribution is 2.44. The van der Waals surface area contributed by atoms with E-state index in [9.17, 15) is 0 Å². The van der Waals surface area contributed by atoms with Gasteiger partial charge in [-0.15, -0.1) is 0 Å². The minimum absolute atomic E-state index is 0.206. The number of hydrogen-bond acceptors (Lipinski definition) is 1. The SMILES string of the molecule is Cc1cc(-c2ccc3c(c2)C(C)(C)CCCC3(C)C)ncc1-c1ccccc1. The summed E-state index contributed by atoms with van der Waals surface area (Å²) < 4.78 is 0. The summed E-state index contributed by atoms with van der Waals surface area (Å²) >= 11 is 0. The number of nitrogens with zero attached hydrogens (tertiary/aromatic N) is 1. The zero-order valence-electron chi connectivity index (χ0n) is 17.8. The van der Waals surface area contributed by atoms with E-state index in [0.717, 1.165) is 5.69 Å². The van der Waals surface area contributed by atoms with Crippen LogP contribution in [-0.2, 0) is 10.8 Å². The van der Waals surface area contributed by atoms with E-state index in [1.54, 1.807) is 0 Å². The Bertz CT molecular complexity index is 996. The molecule has 0 N–H and O–H groups in total. The fraction of sp³-hybridized carbons (Fsp3) is 0.370. The quantitative estimate of drug-likeness (QED) is 0.427. The Labute approximate surface area is 169 Å². The third-order valence-corrected chi connectivity index (χ3v) is 6.57. The molecule has 2 aromatic carbocycles. The number of hydrogen-bond donors (Lipinski definition) is 0. The highest BCUT2D eigenvalue weighted by molar-refractivity contribution is 5.71. The summed E-state index contributed by atoms with van der Waals surface area (Å²) in [4.78, 5) is 4.84. The molecule has 0 atom stereocenters. The zero-order valence-corrected chi connectivity index (χ0v) is 17.8. The largest absolute Gasteiger partial charge is 0.256 e. The van der Waals surface area contributed by atoms with E-state index in [1.807, 2.05) is 6.20 Å². The Morgan fingerprint density at radius 2 is 1.43 bits per heavy atom. The van der Waals surface area contributed by atoms with Crippen molar-refractivity contribution in [2.24, 2.45) is 0 Å². The molecule has 0 saturated heterocycles. The minimum Gasteiger partial charge on any atom is -0.256 e. The number of fused-ring (bicyclic) bond motifs is 1. The van der Waals surface area contributed by atoms with Crippen molar-refractivity contribution in [3.05, 3.63) is 77.5 Å². The average Bonchev–Trinajstić information content (AvgIpc) is 2.76. The summed E-state index contributed by atoms with van der Waals surface area (Å²) in [6.45, 7) is 11.8. The predicted molar refractivity (Wildman–Crippen MR) is 120 cm³/mol. The van der Waals surface area contributed by atoms with Crippen LogP contribution >= 0.6 is 0 Å². The summed E-state index contributed by atoms with van der Waals surface area (Å²) in [6.07, 6.45) is 5.81. The summed E-state index contributed by atoms with van der Waals surface area (Å²) in [6, 6.07) is 19.8. The van der Waals surface area contributed by atoms with E-state index in [4.69, 9.17) is 4.98 Å². The third kappa shape index (κ3) is 3.39. The van der Waals surface area contributed by atoms with Crippen molar-refractivity contribution in [1.82, 2.24) is 4.98 Å². The Hall–Kier alpha value is -2.41. The van der Waals surface area contributed by atoms with E-state index >= 15 is 0 Å². The van der Waals surface area contributed by atoms with Crippen LogP contribution in [0.3, 0.4) is 0 Å². The van der Waals surface area contributed by atoms with Gasteiger partial charge in [0.05, 0.1) is 5.69 Å². The van der Waals surface area contributed by atoms with Crippen LogP contribution < -0.4 is 0 Å². The van der Waals surface area contributed by atoms with Gasteiger partial charge in [-0.2, -0.15) is 0 Å². The van der Waals surface area contributed by atoms with Gasteiger partial charge in [-0.3, -0.25) is 4.98 Å². The van der Waals surface area contributed by atoms with Gasteiger partial charge < -0.3 is 0 Å². The van der Waals surface area contributed by atoms with E-state index in [2.05, 4.69) is 89.2 Å².